The van der Waals surface area contributed by atoms with E-state index in [4.69, 9.17) is 4.74 Å². The van der Waals surface area contributed by atoms with Gasteiger partial charge in [0.25, 0.3) is 11.8 Å². The molecule has 2 N–H and O–H groups in total. The van der Waals surface area contributed by atoms with Gasteiger partial charge < -0.3 is 15.4 Å². The fourth-order valence-corrected chi connectivity index (χ4v) is 3.91. The van der Waals surface area contributed by atoms with Gasteiger partial charge in [-0.3, -0.25) is 14.5 Å². The lowest BCUT2D eigenvalue weighted by Crippen LogP contribution is -2.40. The molecule has 3 rings (SSSR count). The van der Waals surface area contributed by atoms with E-state index in [0.29, 0.717) is 17.7 Å². The molecule has 0 spiro atoms. The Labute approximate surface area is 185 Å². The molecule has 1 aliphatic rings. The Balaban J connectivity index is 1.69. The van der Waals surface area contributed by atoms with Gasteiger partial charge >= 0.3 is 0 Å². The van der Waals surface area contributed by atoms with Crippen LogP contribution in [0, 0.1) is 0 Å². The first-order chi connectivity index (χ1) is 14.8. The normalized spacial score (nSPS) is 15.4. The maximum Gasteiger partial charge on any atom is 0.251 e. The van der Waals surface area contributed by atoms with Gasteiger partial charge in [0.2, 0.25) is 0 Å². The molecule has 2 aromatic carbocycles. The lowest BCUT2D eigenvalue weighted by molar-refractivity contribution is 0.0913. The smallest absolute Gasteiger partial charge is 0.251 e. The van der Waals surface area contributed by atoms with Crippen LogP contribution >= 0.6 is 0 Å². The molecule has 0 aliphatic carbocycles. The van der Waals surface area contributed by atoms with Crippen LogP contribution in [0.4, 0.5) is 0 Å². The largest absolute Gasteiger partial charge is 0.496 e. The highest BCUT2D eigenvalue weighted by atomic mass is 16.5. The van der Waals surface area contributed by atoms with E-state index in [9.17, 15) is 9.59 Å². The van der Waals surface area contributed by atoms with Crippen LogP contribution in [0.15, 0.2) is 48.5 Å². The number of likely N-dealkylation sites (tertiary alicyclic amines) is 1. The fourth-order valence-electron chi connectivity index (χ4n) is 3.91. The third-order valence-electron chi connectivity index (χ3n) is 5.43. The molecule has 1 unspecified atom stereocenters. The summed E-state index contributed by atoms with van der Waals surface area (Å²) >= 11 is 0. The summed E-state index contributed by atoms with van der Waals surface area (Å²) in [6, 6.07) is 14.8. The predicted octanol–water partition coefficient (Wildman–Crippen LogP) is 3.79. The summed E-state index contributed by atoms with van der Waals surface area (Å²) in [5.74, 6) is 0.537. The Morgan fingerprint density at radius 1 is 0.968 bits per heavy atom. The first-order valence-electron chi connectivity index (χ1n) is 10.9. The molecule has 166 valence electrons. The quantitative estimate of drug-likeness (QED) is 0.711. The molecular formula is C25H33N3O3. The van der Waals surface area contributed by atoms with Gasteiger partial charge in [-0.15, -0.1) is 0 Å². The van der Waals surface area contributed by atoms with Crippen LogP contribution in [-0.4, -0.2) is 49.0 Å². The zero-order valence-corrected chi connectivity index (χ0v) is 18.9. The van der Waals surface area contributed by atoms with Crippen LogP contribution in [0.5, 0.6) is 5.75 Å². The van der Waals surface area contributed by atoms with E-state index in [1.807, 2.05) is 39.0 Å². The van der Waals surface area contributed by atoms with Gasteiger partial charge in [-0.25, -0.2) is 0 Å². The number of benzene rings is 2. The summed E-state index contributed by atoms with van der Waals surface area (Å²) < 4.78 is 5.57. The number of ether oxygens (including phenoxy) is 1. The maximum absolute atomic E-state index is 12.8. The van der Waals surface area contributed by atoms with Crippen molar-refractivity contribution >= 4 is 11.8 Å². The predicted molar refractivity (Wildman–Crippen MR) is 123 cm³/mol. The average molecular weight is 424 g/mol. The summed E-state index contributed by atoms with van der Waals surface area (Å²) in [4.78, 5) is 27.5. The van der Waals surface area contributed by atoms with E-state index in [1.54, 1.807) is 31.4 Å². The van der Waals surface area contributed by atoms with Crippen LogP contribution in [0.25, 0.3) is 0 Å². The Morgan fingerprint density at radius 3 is 2.13 bits per heavy atom. The highest BCUT2D eigenvalue weighted by Gasteiger charge is 2.26. The highest BCUT2D eigenvalue weighted by molar-refractivity contribution is 5.98. The molecule has 0 aromatic heterocycles. The SMILES string of the molecule is COc1ccccc1C(CNC(=O)c1ccc(C(=O)NC(C)(C)C)cc1)N1CCCC1. The maximum atomic E-state index is 12.8. The van der Waals surface area contributed by atoms with Crippen LogP contribution in [0.2, 0.25) is 0 Å². The molecule has 6 heteroatoms. The standard InChI is InChI=1S/C25H33N3O3/c1-25(2,3)27-24(30)19-13-11-18(12-14-19)23(29)26-17-21(28-15-7-8-16-28)20-9-5-6-10-22(20)31-4/h5-6,9-14,21H,7-8,15-17H2,1-4H3,(H,26,29)(H,27,30). The molecule has 31 heavy (non-hydrogen) atoms. The number of nitrogens with one attached hydrogen (secondary N) is 2. The zero-order chi connectivity index (χ0) is 22.4. The van der Waals surface area contributed by atoms with Crippen molar-refractivity contribution in [2.45, 2.75) is 45.2 Å². The second-order valence-corrected chi connectivity index (χ2v) is 8.99. The Morgan fingerprint density at radius 2 is 1.55 bits per heavy atom. The first kappa shape index (κ1) is 22.8. The molecule has 1 heterocycles. The third kappa shape index (κ3) is 6.07. The summed E-state index contributed by atoms with van der Waals surface area (Å²) in [7, 11) is 1.68. The molecule has 0 radical (unpaired) electrons. The molecule has 1 aliphatic heterocycles. The molecule has 1 saturated heterocycles. The van der Waals surface area contributed by atoms with E-state index >= 15 is 0 Å². The minimum atomic E-state index is -0.309. The summed E-state index contributed by atoms with van der Waals surface area (Å²) in [6.07, 6.45) is 2.33. The van der Waals surface area contributed by atoms with Gasteiger partial charge in [-0.2, -0.15) is 0 Å². The molecule has 0 saturated carbocycles. The van der Waals surface area contributed by atoms with Crippen LogP contribution in [0.1, 0.15) is 65.9 Å². The van der Waals surface area contributed by atoms with Gasteiger partial charge in [-0.05, 0) is 77.0 Å². The molecule has 1 fully saturated rings. The summed E-state index contributed by atoms with van der Waals surface area (Å²) in [5.41, 5.74) is 1.85. The number of hydrogen-bond donors (Lipinski definition) is 2. The van der Waals surface area contributed by atoms with Crippen molar-refractivity contribution in [3.8, 4) is 5.75 Å². The van der Waals surface area contributed by atoms with E-state index in [0.717, 1.165) is 37.2 Å². The minimum absolute atomic E-state index is 0.0550. The van der Waals surface area contributed by atoms with Crippen molar-refractivity contribution < 1.29 is 14.3 Å². The third-order valence-corrected chi connectivity index (χ3v) is 5.43. The van der Waals surface area contributed by atoms with E-state index in [2.05, 4.69) is 21.6 Å². The molecular weight excluding hydrogens is 390 g/mol. The van der Waals surface area contributed by atoms with Gasteiger partial charge in [0, 0.05) is 28.8 Å². The van der Waals surface area contributed by atoms with Crippen LogP contribution in [-0.2, 0) is 0 Å². The molecule has 6 nitrogen and oxygen atoms in total. The molecule has 0 bridgehead atoms. The van der Waals surface area contributed by atoms with Gasteiger partial charge in [0.1, 0.15) is 5.75 Å². The molecule has 2 amide bonds. The number of nitrogens with zero attached hydrogens (tertiary/aromatic N) is 1. The lowest BCUT2D eigenvalue weighted by Gasteiger charge is -2.29. The van der Waals surface area contributed by atoms with E-state index in [-0.39, 0.29) is 23.4 Å². The number of carbonyl (C=O) groups excluding carboxylic acids is 2. The van der Waals surface area contributed by atoms with Crippen molar-refractivity contribution in [3.63, 3.8) is 0 Å². The highest BCUT2D eigenvalue weighted by Crippen LogP contribution is 2.31. The van der Waals surface area contributed by atoms with Crippen molar-refractivity contribution in [1.29, 1.82) is 0 Å². The van der Waals surface area contributed by atoms with Crippen LogP contribution in [0.3, 0.4) is 0 Å². The molecule has 2 aromatic rings. The van der Waals surface area contributed by atoms with E-state index < -0.39 is 0 Å². The minimum Gasteiger partial charge on any atom is -0.496 e. The van der Waals surface area contributed by atoms with Gasteiger partial charge in [0.15, 0.2) is 0 Å². The number of carbonyl (C=O) groups is 2. The van der Waals surface area contributed by atoms with E-state index in [1.165, 1.54) is 0 Å². The summed E-state index contributed by atoms with van der Waals surface area (Å²) in [6.45, 7) is 8.32. The fraction of sp³-hybridized carbons (Fsp3) is 0.440. The number of amides is 2. The van der Waals surface area contributed by atoms with Crippen LogP contribution < -0.4 is 15.4 Å². The summed E-state index contributed by atoms with van der Waals surface area (Å²) in [5, 5.41) is 6.00. The van der Waals surface area contributed by atoms with Crippen molar-refractivity contribution in [2.24, 2.45) is 0 Å². The van der Waals surface area contributed by atoms with Crippen molar-refractivity contribution in [2.75, 3.05) is 26.7 Å². The average Bonchev–Trinajstić information content (AvgIpc) is 3.27. The Bertz CT molecular complexity index is 897. The first-order valence-corrected chi connectivity index (χ1v) is 10.9. The number of rotatable bonds is 7. The number of para-hydroxylation sites is 1. The van der Waals surface area contributed by atoms with Gasteiger partial charge in [-0.1, -0.05) is 18.2 Å². The topological polar surface area (TPSA) is 70.7 Å². The second kappa shape index (κ2) is 9.96. The zero-order valence-electron chi connectivity index (χ0n) is 18.9. The molecule has 1 atom stereocenters. The monoisotopic (exact) mass is 423 g/mol. The van der Waals surface area contributed by atoms with Crippen molar-refractivity contribution in [3.05, 3.63) is 65.2 Å². The number of methoxy groups -OCH3 is 1. The lowest BCUT2D eigenvalue weighted by atomic mass is 10.0. The Hall–Kier alpha value is -2.86. The van der Waals surface area contributed by atoms with Crippen molar-refractivity contribution in [1.82, 2.24) is 15.5 Å². The second-order valence-electron chi connectivity index (χ2n) is 8.99. The Kier molecular flexibility index (Phi) is 7.33. The van der Waals surface area contributed by atoms with Gasteiger partial charge in [0.05, 0.1) is 13.2 Å². The number of hydrogen-bond acceptors (Lipinski definition) is 4.